The Hall–Kier alpha value is -3.68. The standard InChI is InChI=1S/C21H21N3O5/c1-27-18-8-4-13(10-20(18)29-3)16(25)6-7-17(26)15-5-9-19(28-2)21(24-15)14-11-22-23-12-14/h4-5,8-12H,6-7H2,1-3H3,(H,22,23). The number of carbonyl (C=O) groups is 2. The summed E-state index contributed by atoms with van der Waals surface area (Å²) in [5.41, 5.74) is 1.94. The Morgan fingerprint density at radius 3 is 2.24 bits per heavy atom. The zero-order chi connectivity index (χ0) is 20.8. The molecule has 0 aliphatic heterocycles. The van der Waals surface area contributed by atoms with Gasteiger partial charge in [0.1, 0.15) is 17.1 Å². The number of aromatic nitrogens is 3. The Morgan fingerprint density at radius 1 is 0.897 bits per heavy atom. The van der Waals surface area contributed by atoms with Crippen molar-refractivity contribution >= 4 is 11.6 Å². The largest absolute Gasteiger partial charge is 0.494 e. The van der Waals surface area contributed by atoms with Crippen molar-refractivity contribution in [3.05, 3.63) is 54.0 Å². The van der Waals surface area contributed by atoms with Crippen LogP contribution in [0.3, 0.4) is 0 Å². The van der Waals surface area contributed by atoms with Crippen molar-refractivity contribution in [3.8, 4) is 28.5 Å². The van der Waals surface area contributed by atoms with Crippen LogP contribution in [0.4, 0.5) is 0 Å². The molecule has 0 fully saturated rings. The molecule has 1 N–H and O–H groups in total. The Kier molecular flexibility index (Phi) is 6.23. The van der Waals surface area contributed by atoms with Crippen molar-refractivity contribution in [2.75, 3.05) is 21.3 Å². The third kappa shape index (κ3) is 4.43. The molecule has 0 radical (unpaired) electrons. The minimum absolute atomic E-state index is 0.0390. The quantitative estimate of drug-likeness (QED) is 0.554. The van der Waals surface area contributed by atoms with Crippen LogP contribution in [0.25, 0.3) is 11.3 Å². The topological polar surface area (TPSA) is 103 Å². The average Bonchev–Trinajstić information content (AvgIpc) is 3.31. The number of carbonyl (C=O) groups excluding carboxylic acids is 2. The highest BCUT2D eigenvalue weighted by atomic mass is 16.5. The summed E-state index contributed by atoms with van der Waals surface area (Å²) in [6.45, 7) is 0. The highest BCUT2D eigenvalue weighted by Gasteiger charge is 2.17. The number of methoxy groups -OCH3 is 3. The minimum Gasteiger partial charge on any atom is -0.494 e. The number of hydrogen-bond donors (Lipinski definition) is 1. The Balaban J connectivity index is 1.72. The number of hydrogen-bond acceptors (Lipinski definition) is 7. The van der Waals surface area contributed by atoms with Crippen molar-refractivity contribution in [1.29, 1.82) is 0 Å². The number of aromatic amines is 1. The van der Waals surface area contributed by atoms with E-state index in [4.69, 9.17) is 14.2 Å². The van der Waals surface area contributed by atoms with Gasteiger partial charge in [0.05, 0.1) is 27.5 Å². The van der Waals surface area contributed by atoms with E-state index in [1.807, 2.05) is 0 Å². The maximum Gasteiger partial charge on any atom is 0.181 e. The highest BCUT2D eigenvalue weighted by molar-refractivity contribution is 6.02. The smallest absolute Gasteiger partial charge is 0.181 e. The molecule has 0 saturated heterocycles. The molecule has 0 aliphatic rings. The number of rotatable bonds is 9. The van der Waals surface area contributed by atoms with Gasteiger partial charge in [-0.25, -0.2) is 4.98 Å². The van der Waals surface area contributed by atoms with Crippen LogP contribution in [0.2, 0.25) is 0 Å². The molecule has 0 atom stereocenters. The predicted octanol–water partition coefficient (Wildman–Crippen LogP) is 3.34. The number of benzene rings is 1. The van der Waals surface area contributed by atoms with Gasteiger partial charge < -0.3 is 14.2 Å². The second-order valence-electron chi connectivity index (χ2n) is 6.15. The van der Waals surface area contributed by atoms with Gasteiger partial charge in [-0.1, -0.05) is 0 Å². The number of nitrogens with zero attached hydrogens (tertiary/aromatic N) is 2. The van der Waals surface area contributed by atoms with Gasteiger partial charge >= 0.3 is 0 Å². The molecule has 2 aromatic heterocycles. The van der Waals surface area contributed by atoms with E-state index in [9.17, 15) is 9.59 Å². The number of ketones is 2. The molecule has 0 aliphatic carbocycles. The maximum atomic E-state index is 12.6. The molecule has 150 valence electrons. The van der Waals surface area contributed by atoms with Gasteiger partial charge in [-0.2, -0.15) is 5.10 Å². The first kappa shape index (κ1) is 20.1. The summed E-state index contributed by atoms with van der Waals surface area (Å²) < 4.78 is 15.7. The number of ether oxygens (including phenoxy) is 3. The maximum absolute atomic E-state index is 12.6. The zero-order valence-electron chi connectivity index (χ0n) is 16.4. The van der Waals surface area contributed by atoms with Crippen LogP contribution in [0.5, 0.6) is 17.2 Å². The first-order valence-electron chi connectivity index (χ1n) is 8.90. The average molecular weight is 395 g/mol. The number of nitrogens with one attached hydrogen (secondary N) is 1. The lowest BCUT2D eigenvalue weighted by molar-refractivity contribution is 0.0915. The van der Waals surface area contributed by atoms with E-state index in [1.165, 1.54) is 21.3 Å². The monoisotopic (exact) mass is 395 g/mol. The van der Waals surface area contributed by atoms with Gasteiger partial charge in [-0.3, -0.25) is 14.7 Å². The first-order chi connectivity index (χ1) is 14.1. The molecule has 0 saturated carbocycles. The molecule has 2 heterocycles. The summed E-state index contributed by atoms with van der Waals surface area (Å²) in [6, 6.07) is 8.19. The van der Waals surface area contributed by atoms with Crippen molar-refractivity contribution in [3.63, 3.8) is 0 Å². The van der Waals surface area contributed by atoms with Crippen LogP contribution >= 0.6 is 0 Å². The Morgan fingerprint density at radius 2 is 1.59 bits per heavy atom. The van der Waals surface area contributed by atoms with Gasteiger partial charge in [-0.15, -0.1) is 0 Å². The molecule has 3 rings (SSSR count). The third-order valence-electron chi connectivity index (χ3n) is 4.42. The molecule has 1 aromatic carbocycles. The van der Waals surface area contributed by atoms with Gasteiger partial charge in [0.25, 0.3) is 0 Å². The normalized spacial score (nSPS) is 10.4. The lowest BCUT2D eigenvalue weighted by Gasteiger charge is -2.09. The second kappa shape index (κ2) is 9.01. The number of H-pyrrole nitrogens is 1. The molecule has 0 amide bonds. The van der Waals surface area contributed by atoms with Crippen LogP contribution in [0, 0.1) is 0 Å². The molecule has 0 unspecified atom stereocenters. The summed E-state index contributed by atoms with van der Waals surface area (Å²) in [6.07, 6.45) is 3.36. The fourth-order valence-corrected chi connectivity index (χ4v) is 2.86. The Bertz CT molecular complexity index is 1020. The lowest BCUT2D eigenvalue weighted by atomic mass is 10.0. The van der Waals surface area contributed by atoms with Crippen LogP contribution in [0.15, 0.2) is 42.7 Å². The number of pyridine rings is 1. The van der Waals surface area contributed by atoms with E-state index in [0.29, 0.717) is 34.1 Å². The molecule has 29 heavy (non-hydrogen) atoms. The van der Waals surface area contributed by atoms with E-state index in [0.717, 1.165) is 0 Å². The van der Waals surface area contributed by atoms with Crippen molar-refractivity contribution in [2.45, 2.75) is 12.8 Å². The fraction of sp³-hybridized carbons (Fsp3) is 0.238. The molecule has 8 nitrogen and oxygen atoms in total. The van der Waals surface area contributed by atoms with Crippen LogP contribution in [0.1, 0.15) is 33.7 Å². The fourth-order valence-electron chi connectivity index (χ4n) is 2.86. The minimum atomic E-state index is -0.230. The van der Waals surface area contributed by atoms with Crippen LogP contribution in [-0.2, 0) is 0 Å². The van der Waals surface area contributed by atoms with Crippen molar-refractivity contribution < 1.29 is 23.8 Å². The molecular weight excluding hydrogens is 374 g/mol. The molecule has 0 spiro atoms. The summed E-state index contributed by atoms with van der Waals surface area (Å²) >= 11 is 0. The van der Waals surface area contributed by atoms with Gasteiger partial charge in [-0.05, 0) is 30.3 Å². The summed E-state index contributed by atoms with van der Waals surface area (Å²) in [5, 5.41) is 6.61. The Labute approximate surface area is 167 Å². The highest BCUT2D eigenvalue weighted by Crippen LogP contribution is 2.29. The first-order valence-corrected chi connectivity index (χ1v) is 8.90. The van der Waals surface area contributed by atoms with Crippen LogP contribution in [-0.4, -0.2) is 48.1 Å². The van der Waals surface area contributed by atoms with E-state index in [-0.39, 0.29) is 30.1 Å². The van der Waals surface area contributed by atoms with Crippen molar-refractivity contribution in [1.82, 2.24) is 15.2 Å². The van der Waals surface area contributed by atoms with E-state index >= 15 is 0 Å². The summed E-state index contributed by atoms with van der Waals surface area (Å²) in [4.78, 5) is 29.5. The van der Waals surface area contributed by atoms with Gasteiger partial charge in [0.15, 0.2) is 23.1 Å². The van der Waals surface area contributed by atoms with Crippen LogP contribution < -0.4 is 14.2 Å². The lowest BCUT2D eigenvalue weighted by Crippen LogP contribution is -2.08. The summed E-state index contributed by atoms with van der Waals surface area (Å²) in [7, 11) is 4.56. The SMILES string of the molecule is COc1ccc(C(=O)CCC(=O)c2ccc(OC)c(-c3cn[nH]c3)n2)cc1OC. The van der Waals surface area contributed by atoms with Crippen molar-refractivity contribution in [2.24, 2.45) is 0 Å². The molecule has 0 bridgehead atoms. The van der Waals surface area contributed by atoms with E-state index in [2.05, 4.69) is 15.2 Å². The second-order valence-corrected chi connectivity index (χ2v) is 6.15. The van der Waals surface area contributed by atoms with E-state index in [1.54, 1.807) is 42.7 Å². The third-order valence-corrected chi connectivity index (χ3v) is 4.42. The van der Waals surface area contributed by atoms with Gasteiger partial charge in [0.2, 0.25) is 0 Å². The zero-order valence-corrected chi connectivity index (χ0v) is 16.4. The molecular formula is C21H21N3O5. The predicted molar refractivity (Wildman–Crippen MR) is 106 cm³/mol. The summed E-state index contributed by atoms with van der Waals surface area (Å²) in [5.74, 6) is 1.14. The molecule has 8 heteroatoms. The molecule has 3 aromatic rings. The van der Waals surface area contributed by atoms with Gasteiger partial charge in [0, 0.05) is 30.2 Å². The van der Waals surface area contributed by atoms with E-state index < -0.39 is 0 Å². The number of Topliss-reactive ketones (excluding diaryl/α,β-unsaturated/α-hetero) is 2.